The first-order valence-corrected chi connectivity index (χ1v) is 4.82. The Balaban J connectivity index is 2.58. The number of rotatable bonds is 1. The van der Waals surface area contributed by atoms with Gasteiger partial charge in [-0.3, -0.25) is 0 Å². The van der Waals surface area contributed by atoms with E-state index in [0.717, 1.165) is 0 Å². The maximum atomic E-state index is 3.29. The highest BCUT2D eigenvalue weighted by Gasteiger charge is 2.02. The normalized spacial score (nSPS) is 10.1. The van der Waals surface area contributed by atoms with Crippen LogP contribution in [0, 0.1) is 19.9 Å². The Hall–Kier alpha value is -1.56. The molecule has 0 nitrogen and oxygen atoms in total. The van der Waals surface area contributed by atoms with Crippen molar-refractivity contribution in [3.63, 3.8) is 0 Å². The van der Waals surface area contributed by atoms with Crippen molar-refractivity contribution in [1.29, 1.82) is 0 Å². The summed E-state index contributed by atoms with van der Waals surface area (Å²) >= 11 is 0. The van der Waals surface area contributed by atoms with E-state index >= 15 is 0 Å². The number of hydrogen-bond donors (Lipinski definition) is 0. The average molecular weight is 181 g/mol. The zero-order valence-corrected chi connectivity index (χ0v) is 8.54. The molecular weight excluding hydrogens is 168 g/mol. The summed E-state index contributed by atoms with van der Waals surface area (Å²) in [5, 5.41) is 0. The summed E-state index contributed by atoms with van der Waals surface area (Å²) in [6.45, 7) is 4.28. The minimum absolute atomic E-state index is 1.21. The maximum absolute atomic E-state index is 3.29. The van der Waals surface area contributed by atoms with E-state index in [1.54, 1.807) is 0 Å². The Kier molecular flexibility index (Phi) is 2.36. The molecule has 0 bridgehead atoms. The third-order valence-electron chi connectivity index (χ3n) is 2.59. The van der Waals surface area contributed by atoms with Crippen LogP contribution in [-0.2, 0) is 0 Å². The van der Waals surface area contributed by atoms with Gasteiger partial charge in [-0.05, 0) is 42.2 Å². The number of benzene rings is 2. The Bertz CT molecular complexity index is 427. The lowest BCUT2D eigenvalue weighted by Crippen LogP contribution is -1.86. The lowest BCUT2D eigenvalue weighted by atomic mass is 9.97. The fourth-order valence-corrected chi connectivity index (χ4v) is 1.59. The van der Waals surface area contributed by atoms with Gasteiger partial charge >= 0.3 is 0 Å². The molecule has 2 rings (SSSR count). The Morgan fingerprint density at radius 1 is 0.929 bits per heavy atom. The standard InChI is InChI=1S/C14H13/c1-11-7-6-10-14(12(11)2)13-8-4-3-5-9-13/h3-9H,1-2H3. The lowest BCUT2D eigenvalue weighted by molar-refractivity contribution is 1.34. The molecule has 1 radical (unpaired) electrons. The number of hydrogen-bond acceptors (Lipinski definition) is 0. The van der Waals surface area contributed by atoms with Gasteiger partial charge in [0.25, 0.3) is 0 Å². The molecule has 0 amide bonds. The van der Waals surface area contributed by atoms with Crippen molar-refractivity contribution in [2.24, 2.45) is 0 Å². The van der Waals surface area contributed by atoms with Gasteiger partial charge in [-0.25, -0.2) is 0 Å². The second-order valence-corrected chi connectivity index (χ2v) is 3.53. The molecule has 0 atom stereocenters. The summed E-state index contributed by atoms with van der Waals surface area (Å²) in [5.41, 5.74) is 5.10. The van der Waals surface area contributed by atoms with Crippen LogP contribution in [0.1, 0.15) is 11.1 Å². The second kappa shape index (κ2) is 3.67. The zero-order valence-electron chi connectivity index (χ0n) is 8.54. The Morgan fingerprint density at radius 2 is 1.64 bits per heavy atom. The minimum Gasteiger partial charge on any atom is -0.0622 e. The molecule has 0 fully saturated rings. The number of aryl methyl sites for hydroxylation is 1. The van der Waals surface area contributed by atoms with E-state index in [1.807, 2.05) is 12.1 Å². The summed E-state index contributed by atoms with van der Waals surface area (Å²) in [6, 6.07) is 17.8. The Morgan fingerprint density at radius 3 is 2.36 bits per heavy atom. The zero-order chi connectivity index (χ0) is 9.97. The summed E-state index contributed by atoms with van der Waals surface area (Å²) in [4.78, 5) is 0. The van der Waals surface area contributed by atoms with Gasteiger partial charge < -0.3 is 0 Å². The van der Waals surface area contributed by atoms with Crippen LogP contribution in [0.25, 0.3) is 11.1 Å². The van der Waals surface area contributed by atoms with E-state index in [0.29, 0.717) is 0 Å². The average Bonchev–Trinajstić information content (AvgIpc) is 2.23. The second-order valence-electron chi connectivity index (χ2n) is 3.53. The van der Waals surface area contributed by atoms with E-state index in [9.17, 15) is 0 Å². The largest absolute Gasteiger partial charge is 0.0622 e. The van der Waals surface area contributed by atoms with Crippen LogP contribution in [0.4, 0.5) is 0 Å². The van der Waals surface area contributed by atoms with Crippen molar-refractivity contribution in [3.8, 4) is 11.1 Å². The van der Waals surface area contributed by atoms with E-state index in [2.05, 4.69) is 50.2 Å². The summed E-state index contributed by atoms with van der Waals surface area (Å²) < 4.78 is 0. The molecule has 69 valence electrons. The van der Waals surface area contributed by atoms with Crippen molar-refractivity contribution in [2.45, 2.75) is 13.8 Å². The molecule has 0 N–H and O–H groups in total. The van der Waals surface area contributed by atoms with Gasteiger partial charge in [0.1, 0.15) is 0 Å². The molecule has 0 heteroatoms. The highest BCUT2D eigenvalue weighted by Crippen LogP contribution is 2.24. The molecule has 0 saturated carbocycles. The fraction of sp³-hybridized carbons (Fsp3) is 0.143. The molecule has 0 heterocycles. The van der Waals surface area contributed by atoms with E-state index in [4.69, 9.17) is 0 Å². The van der Waals surface area contributed by atoms with Crippen molar-refractivity contribution in [2.75, 3.05) is 0 Å². The van der Waals surface area contributed by atoms with Crippen LogP contribution in [0.2, 0.25) is 0 Å². The molecule has 2 aromatic rings. The molecule has 2 aromatic carbocycles. The van der Waals surface area contributed by atoms with Gasteiger partial charge in [0.15, 0.2) is 0 Å². The highest BCUT2D eigenvalue weighted by molar-refractivity contribution is 5.67. The first kappa shape index (κ1) is 9.01. The van der Waals surface area contributed by atoms with E-state index < -0.39 is 0 Å². The first-order chi connectivity index (χ1) is 6.79. The van der Waals surface area contributed by atoms with Crippen molar-refractivity contribution >= 4 is 0 Å². The smallest absolute Gasteiger partial charge is 0.00733 e. The van der Waals surface area contributed by atoms with Crippen LogP contribution in [0.15, 0.2) is 42.5 Å². The highest BCUT2D eigenvalue weighted by atomic mass is 14.1. The van der Waals surface area contributed by atoms with Crippen LogP contribution in [0.3, 0.4) is 0 Å². The van der Waals surface area contributed by atoms with Gasteiger partial charge in [0.2, 0.25) is 0 Å². The third-order valence-corrected chi connectivity index (χ3v) is 2.59. The van der Waals surface area contributed by atoms with E-state index in [1.165, 1.54) is 22.3 Å². The molecule has 0 aliphatic rings. The minimum atomic E-state index is 1.21. The van der Waals surface area contributed by atoms with Gasteiger partial charge in [-0.1, -0.05) is 42.5 Å². The van der Waals surface area contributed by atoms with Gasteiger partial charge in [0, 0.05) is 0 Å². The SMILES string of the molecule is Cc1cc[c]c(-c2ccccc2)c1C. The molecule has 0 aromatic heterocycles. The topological polar surface area (TPSA) is 0 Å². The summed E-state index contributed by atoms with van der Waals surface area (Å²) in [7, 11) is 0. The van der Waals surface area contributed by atoms with Crippen LogP contribution in [-0.4, -0.2) is 0 Å². The molecule has 0 unspecified atom stereocenters. The van der Waals surface area contributed by atoms with Crippen molar-refractivity contribution in [3.05, 3.63) is 59.7 Å². The fourth-order valence-electron chi connectivity index (χ4n) is 1.59. The van der Waals surface area contributed by atoms with Gasteiger partial charge in [0.05, 0.1) is 0 Å². The Labute approximate surface area is 85.2 Å². The molecular formula is C14H13. The predicted octanol–water partition coefficient (Wildman–Crippen LogP) is 3.77. The van der Waals surface area contributed by atoms with Crippen LogP contribution in [0.5, 0.6) is 0 Å². The van der Waals surface area contributed by atoms with Crippen LogP contribution >= 0.6 is 0 Å². The van der Waals surface area contributed by atoms with E-state index in [-0.39, 0.29) is 0 Å². The molecule has 0 spiro atoms. The van der Waals surface area contributed by atoms with Gasteiger partial charge in [-0.15, -0.1) is 0 Å². The van der Waals surface area contributed by atoms with Crippen molar-refractivity contribution < 1.29 is 0 Å². The summed E-state index contributed by atoms with van der Waals surface area (Å²) in [6.07, 6.45) is 0. The molecule has 0 saturated heterocycles. The molecule has 14 heavy (non-hydrogen) atoms. The van der Waals surface area contributed by atoms with Crippen LogP contribution < -0.4 is 0 Å². The van der Waals surface area contributed by atoms with Crippen molar-refractivity contribution in [1.82, 2.24) is 0 Å². The third kappa shape index (κ3) is 1.56. The first-order valence-electron chi connectivity index (χ1n) is 4.82. The monoisotopic (exact) mass is 181 g/mol. The molecule has 0 aliphatic heterocycles. The predicted molar refractivity (Wildman–Crippen MR) is 60.2 cm³/mol. The lowest BCUT2D eigenvalue weighted by Gasteiger charge is -2.07. The molecule has 0 aliphatic carbocycles. The summed E-state index contributed by atoms with van der Waals surface area (Å²) in [5.74, 6) is 0. The quantitative estimate of drug-likeness (QED) is 0.628. The maximum Gasteiger partial charge on any atom is -0.00733 e. The van der Waals surface area contributed by atoms with Gasteiger partial charge in [-0.2, -0.15) is 0 Å².